The predicted molar refractivity (Wildman–Crippen MR) is 68.6 cm³/mol. The van der Waals surface area contributed by atoms with Crippen LogP contribution in [-0.2, 0) is 14.3 Å². The Kier molecular flexibility index (Phi) is 3.24. The maximum atomic E-state index is 12.2. The second-order valence-corrected chi connectivity index (χ2v) is 6.14. The third kappa shape index (κ3) is 2.55. The zero-order valence-corrected chi connectivity index (χ0v) is 11.6. The molecule has 0 atom stereocenters. The monoisotopic (exact) mass is 265 g/mol. The minimum atomic E-state index is -0.904. The summed E-state index contributed by atoms with van der Waals surface area (Å²) in [4.78, 5) is 37.5. The first-order valence-corrected chi connectivity index (χ1v) is 6.44. The summed E-state index contributed by atoms with van der Waals surface area (Å²) in [7, 11) is 0. The molecule has 2 rings (SSSR count). The van der Waals surface area contributed by atoms with Crippen LogP contribution >= 0.6 is 0 Å². The molecule has 19 heavy (non-hydrogen) atoms. The summed E-state index contributed by atoms with van der Waals surface area (Å²) in [5.74, 6) is -0.362. The lowest BCUT2D eigenvalue weighted by molar-refractivity contribution is -0.146. The number of hydrogen-bond donors (Lipinski definition) is 0. The van der Waals surface area contributed by atoms with Gasteiger partial charge in [0.2, 0.25) is 0 Å². The molecule has 1 aliphatic heterocycles. The first-order valence-electron chi connectivity index (χ1n) is 6.44. The van der Waals surface area contributed by atoms with Crippen LogP contribution in [0.4, 0.5) is 4.79 Å². The zero-order chi connectivity index (χ0) is 14.3. The third-order valence-corrected chi connectivity index (χ3v) is 3.49. The molecule has 1 heterocycles. The van der Waals surface area contributed by atoms with Gasteiger partial charge in [-0.2, -0.15) is 0 Å². The second-order valence-electron chi connectivity index (χ2n) is 6.14. The van der Waals surface area contributed by atoms with E-state index in [1.54, 1.807) is 20.8 Å². The highest BCUT2D eigenvalue weighted by Gasteiger charge is 2.50. The minimum absolute atomic E-state index is 0.0394. The maximum Gasteiger partial charge on any atom is 0.411 e. The molecule has 0 bridgehead atoms. The first kappa shape index (κ1) is 13.8. The summed E-state index contributed by atoms with van der Waals surface area (Å²) < 4.78 is 5.19. The lowest BCUT2D eigenvalue weighted by atomic mass is 9.74. The molecule has 0 radical (unpaired) electrons. The van der Waals surface area contributed by atoms with Crippen molar-refractivity contribution in [1.29, 1.82) is 0 Å². The summed E-state index contributed by atoms with van der Waals surface area (Å²) in [5, 5.41) is 0. The van der Waals surface area contributed by atoms with Gasteiger partial charge in [-0.15, -0.1) is 0 Å². The summed E-state index contributed by atoms with van der Waals surface area (Å²) in [5.41, 5.74) is -1.54. The number of nitrogens with zero attached hydrogens (tertiary/aromatic N) is 1. The summed E-state index contributed by atoms with van der Waals surface area (Å²) in [6.45, 7) is 5.17. The fourth-order valence-electron chi connectivity index (χ4n) is 2.42. The van der Waals surface area contributed by atoms with Crippen LogP contribution in [0.3, 0.4) is 0 Å². The number of ether oxygens (including phenoxy) is 1. The summed E-state index contributed by atoms with van der Waals surface area (Å²) >= 11 is 0. The van der Waals surface area contributed by atoms with Crippen LogP contribution in [0.25, 0.3) is 0 Å². The van der Waals surface area contributed by atoms with Crippen LogP contribution in [-0.4, -0.2) is 41.3 Å². The normalized spacial score (nSPS) is 22.2. The van der Waals surface area contributed by atoms with E-state index in [0.29, 0.717) is 12.8 Å². The largest absolute Gasteiger partial charge is 0.444 e. The molecule has 5 nitrogen and oxygen atoms in total. The van der Waals surface area contributed by atoms with Gasteiger partial charge < -0.3 is 4.74 Å². The van der Waals surface area contributed by atoms with Gasteiger partial charge in [0.15, 0.2) is 11.6 Å². The Morgan fingerprint density at radius 2 is 1.63 bits per heavy atom. The topological polar surface area (TPSA) is 63.7 Å². The number of hydrogen-bond acceptors (Lipinski definition) is 4. The number of Topliss-reactive ketones (excluding diaryl/α,β-unsaturated/α-hetero) is 2. The van der Waals surface area contributed by atoms with Crippen molar-refractivity contribution in [1.82, 2.24) is 4.90 Å². The summed E-state index contributed by atoms with van der Waals surface area (Å²) in [6.07, 6.45) is 4.05. The molecular formula is C14H19NO4. The van der Waals surface area contributed by atoms with Crippen molar-refractivity contribution in [3.05, 3.63) is 12.2 Å². The third-order valence-electron chi connectivity index (χ3n) is 3.49. The molecule has 0 aromatic heterocycles. The molecule has 0 aromatic rings. The van der Waals surface area contributed by atoms with Gasteiger partial charge in [0, 0.05) is 0 Å². The van der Waals surface area contributed by atoms with Crippen LogP contribution < -0.4 is 0 Å². The van der Waals surface area contributed by atoms with E-state index in [4.69, 9.17) is 4.74 Å². The second kappa shape index (κ2) is 4.47. The quantitative estimate of drug-likeness (QED) is 0.494. The van der Waals surface area contributed by atoms with Gasteiger partial charge in [-0.3, -0.25) is 14.5 Å². The van der Waals surface area contributed by atoms with Crippen LogP contribution in [0.15, 0.2) is 12.2 Å². The predicted octanol–water partition coefficient (Wildman–Crippen LogP) is 1.71. The Morgan fingerprint density at radius 1 is 1.16 bits per heavy atom. The Labute approximate surface area is 112 Å². The standard InChI is InChI=1S/C14H19NO4/c1-13(2,3)19-12(18)15-8-10(16)14(11(17)9-15)6-4-5-7-14/h4-5H,6-9H2,1-3H3. The number of carbonyl (C=O) groups excluding carboxylic acids is 3. The number of likely N-dealkylation sites (tertiary alicyclic amines) is 1. The molecule has 0 aromatic carbocycles. The molecule has 1 fully saturated rings. The number of rotatable bonds is 0. The van der Waals surface area contributed by atoms with Crippen molar-refractivity contribution in [3.8, 4) is 0 Å². The molecule has 2 aliphatic rings. The lowest BCUT2D eigenvalue weighted by Crippen LogP contribution is -2.56. The van der Waals surface area contributed by atoms with E-state index in [9.17, 15) is 14.4 Å². The van der Waals surface area contributed by atoms with Crippen molar-refractivity contribution in [3.63, 3.8) is 0 Å². The number of allylic oxidation sites excluding steroid dienone is 2. The SMILES string of the molecule is CC(C)(C)OC(=O)N1CC(=O)C2(CC=CC2)C(=O)C1. The Hall–Kier alpha value is -1.65. The van der Waals surface area contributed by atoms with Crippen LogP contribution in [0.5, 0.6) is 0 Å². The van der Waals surface area contributed by atoms with E-state index >= 15 is 0 Å². The Morgan fingerprint density at radius 3 is 2.05 bits per heavy atom. The highest BCUT2D eigenvalue weighted by molar-refractivity contribution is 6.12. The number of piperidine rings is 1. The van der Waals surface area contributed by atoms with E-state index in [1.807, 2.05) is 12.2 Å². The smallest absolute Gasteiger partial charge is 0.411 e. The van der Waals surface area contributed by atoms with Gasteiger partial charge in [0.25, 0.3) is 0 Å². The van der Waals surface area contributed by atoms with Gasteiger partial charge in [-0.25, -0.2) is 4.79 Å². The van der Waals surface area contributed by atoms with Gasteiger partial charge >= 0.3 is 6.09 Å². The van der Waals surface area contributed by atoms with E-state index in [2.05, 4.69) is 0 Å². The molecule has 1 spiro atoms. The van der Waals surface area contributed by atoms with Crippen molar-refractivity contribution >= 4 is 17.7 Å². The number of amides is 1. The molecule has 0 N–H and O–H groups in total. The fourth-order valence-corrected chi connectivity index (χ4v) is 2.42. The Bertz CT molecular complexity index is 431. The highest BCUT2D eigenvalue weighted by atomic mass is 16.6. The fraction of sp³-hybridized carbons (Fsp3) is 0.643. The van der Waals surface area contributed by atoms with Crippen molar-refractivity contribution in [2.75, 3.05) is 13.1 Å². The van der Waals surface area contributed by atoms with Crippen molar-refractivity contribution in [2.45, 2.75) is 39.2 Å². The van der Waals surface area contributed by atoms with Gasteiger partial charge in [0.1, 0.15) is 5.60 Å². The van der Waals surface area contributed by atoms with E-state index in [-0.39, 0.29) is 24.7 Å². The highest BCUT2D eigenvalue weighted by Crippen LogP contribution is 2.38. The van der Waals surface area contributed by atoms with Gasteiger partial charge in [-0.1, -0.05) is 12.2 Å². The van der Waals surface area contributed by atoms with Gasteiger partial charge in [0.05, 0.1) is 18.5 Å². The molecule has 0 saturated carbocycles. The number of carbonyl (C=O) groups is 3. The minimum Gasteiger partial charge on any atom is -0.444 e. The molecule has 5 heteroatoms. The average molecular weight is 265 g/mol. The number of ketones is 2. The lowest BCUT2D eigenvalue weighted by Gasteiger charge is -2.36. The van der Waals surface area contributed by atoms with Crippen molar-refractivity contribution < 1.29 is 19.1 Å². The zero-order valence-electron chi connectivity index (χ0n) is 11.6. The molecular weight excluding hydrogens is 246 g/mol. The van der Waals surface area contributed by atoms with E-state index in [0.717, 1.165) is 0 Å². The molecule has 0 unspecified atom stereocenters. The van der Waals surface area contributed by atoms with E-state index < -0.39 is 17.1 Å². The van der Waals surface area contributed by atoms with Crippen LogP contribution in [0, 0.1) is 5.41 Å². The Balaban J connectivity index is 2.08. The molecule has 1 saturated heterocycles. The average Bonchev–Trinajstić information content (AvgIpc) is 2.73. The first-order chi connectivity index (χ1) is 8.74. The van der Waals surface area contributed by atoms with Crippen LogP contribution in [0.2, 0.25) is 0 Å². The molecule has 1 aliphatic carbocycles. The summed E-state index contributed by atoms with van der Waals surface area (Å²) in [6, 6.07) is 0. The van der Waals surface area contributed by atoms with Crippen molar-refractivity contribution in [2.24, 2.45) is 5.41 Å². The molecule has 1 amide bonds. The van der Waals surface area contributed by atoms with Crippen LogP contribution in [0.1, 0.15) is 33.6 Å². The van der Waals surface area contributed by atoms with E-state index in [1.165, 1.54) is 4.90 Å². The molecule has 104 valence electrons. The maximum absolute atomic E-state index is 12.2. The van der Waals surface area contributed by atoms with Gasteiger partial charge in [-0.05, 0) is 33.6 Å².